The number of ether oxygens (including phenoxy) is 1. The number of carbonyl (C=O) groups is 1. The zero-order chi connectivity index (χ0) is 19.4. The maximum atomic E-state index is 12.2. The molecule has 1 aromatic heterocycles. The van der Waals surface area contributed by atoms with E-state index in [0.717, 1.165) is 0 Å². The van der Waals surface area contributed by atoms with E-state index < -0.39 is 0 Å². The van der Waals surface area contributed by atoms with Gasteiger partial charge in [-0.3, -0.25) is 4.79 Å². The summed E-state index contributed by atoms with van der Waals surface area (Å²) in [6.07, 6.45) is 2.91. The zero-order valence-electron chi connectivity index (χ0n) is 14.1. The van der Waals surface area contributed by atoms with Crippen LogP contribution in [-0.4, -0.2) is 13.0 Å². The molecule has 3 rings (SSSR count). The van der Waals surface area contributed by atoms with Crippen LogP contribution in [-0.2, 0) is 4.79 Å². The third-order valence-electron chi connectivity index (χ3n) is 3.64. The quantitative estimate of drug-likeness (QED) is 0.473. The lowest BCUT2D eigenvalue weighted by Gasteiger charge is -2.08. The highest BCUT2D eigenvalue weighted by Crippen LogP contribution is 2.32. The Bertz CT molecular complexity index is 1010. The van der Waals surface area contributed by atoms with Crippen molar-refractivity contribution < 1.29 is 13.9 Å². The molecule has 0 aliphatic heterocycles. The Morgan fingerprint density at radius 2 is 1.78 bits per heavy atom. The fraction of sp³-hybridized carbons (Fsp3) is 0.0500. The maximum absolute atomic E-state index is 12.2. The van der Waals surface area contributed by atoms with Gasteiger partial charge in [0.05, 0.1) is 17.8 Å². The van der Waals surface area contributed by atoms with Gasteiger partial charge >= 0.3 is 0 Å². The molecule has 0 spiro atoms. The first-order chi connectivity index (χ1) is 13.0. The first kappa shape index (κ1) is 19.4. The van der Waals surface area contributed by atoms with Gasteiger partial charge in [-0.1, -0.05) is 34.8 Å². The molecule has 0 atom stereocenters. The Hall–Kier alpha value is -2.40. The molecule has 0 saturated heterocycles. The molecule has 4 nitrogen and oxygen atoms in total. The lowest BCUT2D eigenvalue weighted by molar-refractivity contribution is -0.111. The Morgan fingerprint density at radius 1 is 1.04 bits per heavy atom. The number of amides is 1. The van der Waals surface area contributed by atoms with Crippen LogP contribution in [0.5, 0.6) is 5.75 Å². The van der Waals surface area contributed by atoms with Gasteiger partial charge in [0.25, 0.3) is 0 Å². The van der Waals surface area contributed by atoms with Gasteiger partial charge in [0.2, 0.25) is 5.91 Å². The minimum atomic E-state index is -0.349. The molecule has 3 aromatic rings. The molecule has 7 heteroatoms. The number of methoxy groups -OCH3 is 1. The summed E-state index contributed by atoms with van der Waals surface area (Å²) in [4.78, 5) is 12.2. The van der Waals surface area contributed by atoms with Gasteiger partial charge in [-0.25, -0.2) is 0 Å². The van der Waals surface area contributed by atoms with Crippen molar-refractivity contribution in [2.45, 2.75) is 0 Å². The lowest BCUT2D eigenvalue weighted by Crippen LogP contribution is -2.08. The van der Waals surface area contributed by atoms with E-state index in [-0.39, 0.29) is 5.91 Å². The zero-order valence-corrected chi connectivity index (χ0v) is 16.4. The summed E-state index contributed by atoms with van der Waals surface area (Å²) < 4.78 is 10.9. The average molecular weight is 423 g/mol. The van der Waals surface area contributed by atoms with Crippen molar-refractivity contribution in [3.63, 3.8) is 0 Å². The summed E-state index contributed by atoms with van der Waals surface area (Å²) in [5, 5.41) is 4.23. The summed E-state index contributed by atoms with van der Waals surface area (Å²) in [6.45, 7) is 0. The van der Waals surface area contributed by atoms with Crippen molar-refractivity contribution in [2.24, 2.45) is 0 Å². The van der Waals surface area contributed by atoms with Crippen LogP contribution in [0.1, 0.15) is 5.76 Å². The van der Waals surface area contributed by atoms with E-state index in [2.05, 4.69) is 5.32 Å². The Morgan fingerprint density at radius 3 is 2.52 bits per heavy atom. The number of nitrogens with one attached hydrogen (secondary N) is 1. The van der Waals surface area contributed by atoms with Crippen LogP contribution in [0.3, 0.4) is 0 Å². The minimum Gasteiger partial charge on any atom is -0.495 e. The molecule has 0 radical (unpaired) electrons. The Kier molecular flexibility index (Phi) is 6.11. The number of furan rings is 1. The first-order valence-corrected chi connectivity index (χ1v) is 8.97. The van der Waals surface area contributed by atoms with Gasteiger partial charge < -0.3 is 14.5 Å². The second-order valence-electron chi connectivity index (χ2n) is 5.49. The van der Waals surface area contributed by atoms with Crippen LogP contribution in [0.25, 0.3) is 17.4 Å². The van der Waals surface area contributed by atoms with E-state index >= 15 is 0 Å². The number of benzene rings is 2. The van der Waals surface area contributed by atoms with Gasteiger partial charge in [-0.2, -0.15) is 0 Å². The molecule has 1 amide bonds. The molecular formula is C20H14Cl3NO3. The molecule has 138 valence electrons. The molecule has 0 bridgehead atoms. The highest BCUT2D eigenvalue weighted by atomic mass is 35.5. The molecule has 1 N–H and O–H groups in total. The lowest BCUT2D eigenvalue weighted by atomic mass is 10.2. The van der Waals surface area contributed by atoms with Crippen molar-refractivity contribution in [2.75, 3.05) is 12.4 Å². The molecule has 0 aliphatic carbocycles. The van der Waals surface area contributed by atoms with Crippen molar-refractivity contribution in [1.82, 2.24) is 0 Å². The van der Waals surface area contributed by atoms with Crippen LogP contribution in [0.15, 0.2) is 59.0 Å². The predicted molar refractivity (Wildman–Crippen MR) is 110 cm³/mol. The number of hydrogen-bond donors (Lipinski definition) is 1. The highest BCUT2D eigenvalue weighted by Gasteiger charge is 2.09. The highest BCUT2D eigenvalue weighted by molar-refractivity contribution is 6.36. The number of halogens is 3. The third kappa shape index (κ3) is 4.86. The number of carbonyl (C=O) groups excluding carboxylic acids is 1. The summed E-state index contributed by atoms with van der Waals surface area (Å²) in [5.74, 6) is 1.24. The van der Waals surface area contributed by atoms with Crippen LogP contribution in [0, 0.1) is 0 Å². The topological polar surface area (TPSA) is 51.5 Å². The van der Waals surface area contributed by atoms with Gasteiger partial charge in [-0.15, -0.1) is 0 Å². The maximum Gasteiger partial charge on any atom is 0.248 e. The summed E-state index contributed by atoms with van der Waals surface area (Å²) in [6, 6.07) is 13.6. The molecule has 0 fully saturated rings. The van der Waals surface area contributed by atoms with E-state index in [1.165, 1.54) is 13.2 Å². The predicted octanol–water partition coefficient (Wildman–Crippen LogP) is 6.57. The number of rotatable bonds is 5. The van der Waals surface area contributed by atoms with Crippen LogP contribution in [0.4, 0.5) is 5.69 Å². The minimum absolute atomic E-state index is 0.349. The van der Waals surface area contributed by atoms with Crippen molar-refractivity contribution >= 4 is 52.5 Å². The SMILES string of the molecule is COc1ccc(Cl)cc1NC(=O)C=Cc1ccc(-c2ccc(Cl)cc2Cl)o1. The molecule has 0 saturated carbocycles. The number of anilines is 1. The Balaban J connectivity index is 1.72. The summed E-state index contributed by atoms with van der Waals surface area (Å²) in [7, 11) is 1.51. The molecular weight excluding hydrogens is 409 g/mol. The van der Waals surface area contributed by atoms with Gasteiger partial charge in [0.15, 0.2) is 0 Å². The average Bonchev–Trinajstić information content (AvgIpc) is 3.09. The van der Waals surface area contributed by atoms with E-state index in [4.69, 9.17) is 44.0 Å². The van der Waals surface area contributed by atoms with Crippen LogP contribution >= 0.6 is 34.8 Å². The van der Waals surface area contributed by atoms with Gasteiger partial charge in [-0.05, 0) is 54.6 Å². The summed E-state index contributed by atoms with van der Waals surface area (Å²) in [5.41, 5.74) is 1.20. The third-order valence-corrected chi connectivity index (χ3v) is 4.42. The first-order valence-electron chi connectivity index (χ1n) is 7.84. The van der Waals surface area contributed by atoms with Crippen molar-refractivity contribution in [3.05, 3.63) is 75.4 Å². The summed E-state index contributed by atoms with van der Waals surface area (Å²) >= 11 is 18.0. The van der Waals surface area contributed by atoms with E-state index in [1.54, 1.807) is 54.6 Å². The fourth-order valence-corrected chi connectivity index (χ4v) is 3.06. The van der Waals surface area contributed by atoms with E-state index in [1.807, 2.05) is 0 Å². The second kappa shape index (κ2) is 8.53. The molecule has 2 aromatic carbocycles. The molecule has 0 aliphatic rings. The Labute approximate surface area is 171 Å². The standard InChI is InChI=1S/C20H14Cl3NO3/c1-26-19-7-3-13(22)11-17(19)24-20(25)9-5-14-4-8-18(27-14)15-6-2-12(21)10-16(15)23/h2-11H,1H3,(H,24,25). The number of hydrogen-bond acceptors (Lipinski definition) is 3. The van der Waals surface area contributed by atoms with Crippen LogP contribution in [0.2, 0.25) is 15.1 Å². The molecule has 0 unspecified atom stereocenters. The van der Waals surface area contributed by atoms with E-state index in [0.29, 0.717) is 43.6 Å². The van der Waals surface area contributed by atoms with Crippen molar-refractivity contribution in [3.8, 4) is 17.1 Å². The van der Waals surface area contributed by atoms with Gasteiger partial charge in [0, 0.05) is 21.7 Å². The smallest absolute Gasteiger partial charge is 0.248 e. The van der Waals surface area contributed by atoms with Gasteiger partial charge in [0.1, 0.15) is 17.3 Å². The molecule has 27 heavy (non-hydrogen) atoms. The second-order valence-corrected chi connectivity index (χ2v) is 6.77. The largest absolute Gasteiger partial charge is 0.495 e. The molecule has 1 heterocycles. The fourth-order valence-electron chi connectivity index (χ4n) is 2.39. The van der Waals surface area contributed by atoms with Crippen molar-refractivity contribution in [1.29, 1.82) is 0 Å². The van der Waals surface area contributed by atoms with Crippen LogP contribution < -0.4 is 10.1 Å². The normalized spacial score (nSPS) is 11.0. The van der Waals surface area contributed by atoms with E-state index in [9.17, 15) is 4.79 Å². The monoisotopic (exact) mass is 421 g/mol.